The van der Waals surface area contributed by atoms with E-state index in [1.807, 2.05) is 18.3 Å². The highest BCUT2D eigenvalue weighted by Crippen LogP contribution is 2.31. The Hall–Kier alpha value is -4.20. The molecule has 0 spiro atoms. The van der Waals surface area contributed by atoms with E-state index < -0.39 is 0 Å². The van der Waals surface area contributed by atoms with Crippen LogP contribution < -0.4 is 10.9 Å². The van der Waals surface area contributed by atoms with Crippen molar-refractivity contribution in [1.82, 2.24) is 19.9 Å². The summed E-state index contributed by atoms with van der Waals surface area (Å²) in [5.74, 6) is 6.91. The van der Waals surface area contributed by atoms with Crippen molar-refractivity contribution in [2.45, 2.75) is 19.4 Å². The number of halogens is 1. The van der Waals surface area contributed by atoms with E-state index in [2.05, 4.69) is 56.8 Å². The number of hydrogen-bond acceptors (Lipinski definition) is 6. The van der Waals surface area contributed by atoms with Crippen LogP contribution in [0.3, 0.4) is 0 Å². The first-order valence-electron chi connectivity index (χ1n) is 12.8. The molecule has 2 aromatic heterocycles. The summed E-state index contributed by atoms with van der Waals surface area (Å²) in [6, 6.07) is 20.7. The minimum Gasteiger partial charge on any atom is -0.298 e. The Labute approximate surface area is 223 Å². The van der Waals surface area contributed by atoms with Crippen molar-refractivity contribution in [2.75, 3.05) is 18.1 Å². The number of likely N-dealkylation sites (tertiary alicyclic amines) is 1. The van der Waals surface area contributed by atoms with Crippen LogP contribution in [0.4, 0.5) is 10.3 Å². The van der Waals surface area contributed by atoms with E-state index in [4.69, 9.17) is 5.84 Å². The van der Waals surface area contributed by atoms with Crippen LogP contribution in [-0.4, -0.2) is 32.9 Å². The summed E-state index contributed by atoms with van der Waals surface area (Å²) in [6.45, 7) is 6.90. The average molecular weight is 507 g/mol. The Kier molecular flexibility index (Phi) is 7.97. The lowest BCUT2D eigenvalue weighted by Crippen LogP contribution is -2.42. The van der Waals surface area contributed by atoms with Crippen LogP contribution in [0.15, 0.2) is 110 Å². The number of aromatic nitrogens is 3. The molecule has 1 aliphatic heterocycles. The summed E-state index contributed by atoms with van der Waals surface area (Å²) >= 11 is 0. The molecule has 1 unspecified atom stereocenters. The van der Waals surface area contributed by atoms with Gasteiger partial charge in [-0.05, 0) is 72.0 Å². The second-order valence-electron chi connectivity index (χ2n) is 9.49. The lowest BCUT2D eigenvalue weighted by molar-refractivity contribution is 0.182. The number of hydrogen-bond donors (Lipinski definition) is 1. The van der Waals surface area contributed by atoms with Crippen LogP contribution in [0.25, 0.3) is 16.7 Å². The van der Waals surface area contributed by atoms with E-state index in [0.717, 1.165) is 54.9 Å². The molecule has 0 saturated carbocycles. The second kappa shape index (κ2) is 11.9. The number of rotatable bonds is 8. The maximum atomic E-state index is 13.5. The molecule has 3 heterocycles. The number of hydrazine groups is 1. The lowest BCUT2D eigenvalue weighted by Gasteiger charge is -2.36. The SMILES string of the molecule is C=C(/C=C(/C1CCCN(Cc2ccccc2-c2cccnc2)C1)N(N)c1ncccn1)c1ccc(F)cc1. The quantitative estimate of drug-likeness (QED) is 0.183. The molecule has 1 aliphatic rings. The number of benzene rings is 2. The van der Waals surface area contributed by atoms with Gasteiger partial charge in [0.05, 0.1) is 0 Å². The number of allylic oxidation sites excluding steroid dienone is 2. The van der Waals surface area contributed by atoms with Crippen LogP contribution >= 0.6 is 0 Å². The summed E-state index contributed by atoms with van der Waals surface area (Å²) in [4.78, 5) is 15.5. The van der Waals surface area contributed by atoms with Gasteiger partial charge in [-0.2, -0.15) is 0 Å². The fraction of sp³-hybridized carbons (Fsp3) is 0.194. The predicted molar refractivity (Wildman–Crippen MR) is 150 cm³/mol. The molecular weight excluding hydrogens is 475 g/mol. The number of pyridine rings is 1. The maximum Gasteiger partial charge on any atom is 0.244 e. The van der Waals surface area contributed by atoms with Gasteiger partial charge in [0, 0.05) is 55.1 Å². The molecule has 38 heavy (non-hydrogen) atoms. The Morgan fingerprint density at radius 2 is 1.82 bits per heavy atom. The standard InChI is InChI=1S/C31H31FN6/c1-23(24-11-13-28(32)14-12-24)19-30(38(33)31-35-16-6-17-36-31)27-9-5-18-37(22-27)21-26-7-2-3-10-29(26)25-8-4-15-34-20-25/h2-4,6-8,10-17,19-20,27H,1,5,9,18,21-22,33H2/b30-19-. The zero-order valence-corrected chi connectivity index (χ0v) is 21.2. The summed E-state index contributed by atoms with van der Waals surface area (Å²) in [7, 11) is 0. The summed E-state index contributed by atoms with van der Waals surface area (Å²) < 4.78 is 13.5. The molecule has 1 saturated heterocycles. The molecule has 4 aromatic rings. The van der Waals surface area contributed by atoms with Gasteiger partial charge < -0.3 is 0 Å². The van der Waals surface area contributed by atoms with E-state index in [9.17, 15) is 4.39 Å². The third kappa shape index (κ3) is 6.02. The molecule has 7 heteroatoms. The molecule has 2 aromatic carbocycles. The average Bonchev–Trinajstić information content (AvgIpc) is 2.97. The Morgan fingerprint density at radius 1 is 1.03 bits per heavy atom. The van der Waals surface area contributed by atoms with Gasteiger partial charge in [-0.25, -0.2) is 20.2 Å². The van der Waals surface area contributed by atoms with Crippen LogP contribution in [0.1, 0.15) is 24.0 Å². The number of nitrogens with two attached hydrogens (primary N) is 1. The van der Waals surface area contributed by atoms with Gasteiger partial charge in [-0.3, -0.25) is 14.9 Å². The normalized spacial score (nSPS) is 16.3. The smallest absolute Gasteiger partial charge is 0.244 e. The highest BCUT2D eigenvalue weighted by molar-refractivity contribution is 5.73. The summed E-state index contributed by atoms with van der Waals surface area (Å²) in [6.07, 6.45) is 11.1. The van der Waals surface area contributed by atoms with Gasteiger partial charge in [0.15, 0.2) is 0 Å². The van der Waals surface area contributed by atoms with Crippen molar-refractivity contribution in [3.8, 4) is 11.1 Å². The van der Waals surface area contributed by atoms with Crippen LogP contribution in [0.5, 0.6) is 0 Å². The molecule has 0 bridgehead atoms. The van der Waals surface area contributed by atoms with Gasteiger partial charge >= 0.3 is 0 Å². The van der Waals surface area contributed by atoms with E-state index >= 15 is 0 Å². The van der Waals surface area contributed by atoms with Gasteiger partial charge in [-0.15, -0.1) is 0 Å². The monoisotopic (exact) mass is 506 g/mol. The minimum absolute atomic E-state index is 0.139. The molecule has 0 radical (unpaired) electrons. The van der Waals surface area contributed by atoms with Crippen LogP contribution in [0, 0.1) is 11.7 Å². The number of piperidine rings is 1. The summed E-state index contributed by atoms with van der Waals surface area (Å²) in [5.41, 5.74) is 6.05. The third-order valence-electron chi connectivity index (χ3n) is 6.89. The fourth-order valence-electron chi connectivity index (χ4n) is 4.98. The highest BCUT2D eigenvalue weighted by atomic mass is 19.1. The fourth-order valence-corrected chi connectivity index (χ4v) is 4.98. The maximum absolute atomic E-state index is 13.5. The molecule has 1 atom stereocenters. The first kappa shape index (κ1) is 25.4. The first-order chi connectivity index (χ1) is 18.6. The predicted octanol–water partition coefficient (Wildman–Crippen LogP) is 5.87. The second-order valence-corrected chi connectivity index (χ2v) is 9.49. The molecule has 5 rings (SSSR count). The Bertz CT molecular complexity index is 1390. The van der Waals surface area contributed by atoms with Gasteiger partial charge in [0.1, 0.15) is 5.82 Å². The lowest BCUT2D eigenvalue weighted by atomic mass is 9.91. The Balaban J connectivity index is 1.42. The number of nitrogens with zero attached hydrogens (tertiary/aromatic N) is 5. The van der Waals surface area contributed by atoms with Crippen molar-refractivity contribution in [3.63, 3.8) is 0 Å². The van der Waals surface area contributed by atoms with Crippen molar-refractivity contribution in [1.29, 1.82) is 0 Å². The zero-order valence-electron chi connectivity index (χ0n) is 21.2. The zero-order chi connectivity index (χ0) is 26.3. The molecule has 1 fully saturated rings. The van der Waals surface area contributed by atoms with Crippen molar-refractivity contribution in [2.24, 2.45) is 11.8 Å². The van der Waals surface area contributed by atoms with Crippen molar-refractivity contribution in [3.05, 3.63) is 127 Å². The number of anilines is 1. The van der Waals surface area contributed by atoms with Gasteiger partial charge in [0.25, 0.3) is 0 Å². The van der Waals surface area contributed by atoms with Gasteiger partial charge in [0.2, 0.25) is 5.95 Å². The van der Waals surface area contributed by atoms with E-state index in [-0.39, 0.29) is 11.7 Å². The molecule has 6 nitrogen and oxygen atoms in total. The van der Waals surface area contributed by atoms with Crippen LogP contribution in [0.2, 0.25) is 0 Å². The van der Waals surface area contributed by atoms with Crippen molar-refractivity contribution >= 4 is 11.5 Å². The molecule has 0 amide bonds. The van der Waals surface area contributed by atoms with Gasteiger partial charge in [-0.1, -0.05) is 49.0 Å². The highest BCUT2D eigenvalue weighted by Gasteiger charge is 2.27. The third-order valence-corrected chi connectivity index (χ3v) is 6.89. The first-order valence-corrected chi connectivity index (χ1v) is 12.8. The molecule has 192 valence electrons. The van der Waals surface area contributed by atoms with Crippen molar-refractivity contribution < 1.29 is 4.39 Å². The topological polar surface area (TPSA) is 71.2 Å². The minimum atomic E-state index is -0.279. The van der Waals surface area contributed by atoms with E-state index in [0.29, 0.717) is 5.95 Å². The molecular formula is C31H31FN6. The molecule has 2 N–H and O–H groups in total. The van der Waals surface area contributed by atoms with Crippen LogP contribution in [-0.2, 0) is 6.54 Å². The Morgan fingerprint density at radius 3 is 2.58 bits per heavy atom. The van der Waals surface area contributed by atoms with E-state index in [1.54, 1.807) is 41.8 Å². The largest absolute Gasteiger partial charge is 0.298 e. The summed E-state index contributed by atoms with van der Waals surface area (Å²) in [5, 5.41) is 1.56. The molecule has 0 aliphatic carbocycles. The van der Waals surface area contributed by atoms with E-state index in [1.165, 1.54) is 23.3 Å².